The normalized spacial score (nSPS) is 36.5. The van der Waals surface area contributed by atoms with E-state index in [1.54, 1.807) is 18.7 Å². The van der Waals surface area contributed by atoms with Crippen LogP contribution in [0.3, 0.4) is 0 Å². The minimum atomic E-state index is -1.09. The standard InChI is InChI=1S/C40H60N8O6/c1-6-37(3)21-29(50)39(5)33-28(49)7-11-40(33,26(2)34(37)53)13-12-38(39,4)54-31(52)23-45-17-19-46(20-18-45)30(51)10-16-48-25-44-32-35(42-24-43-36(32)48)47-14-8-27(22-41)9-15-47/h6,24-27,29,33-34,50,53H,1,7-23,41H2,2-5H3. The molecule has 0 spiro atoms. The van der Waals surface area contributed by atoms with Crippen LogP contribution in [0.25, 0.3) is 11.2 Å². The molecule has 0 aromatic carbocycles. The number of aliphatic hydroxyl groups is 2. The van der Waals surface area contributed by atoms with Crippen molar-refractivity contribution in [3.05, 3.63) is 25.3 Å². The van der Waals surface area contributed by atoms with Gasteiger partial charge in [-0.05, 0) is 69.2 Å². The van der Waals surface area contributed by atoms with Gasteiger partial charge in [-0.1, -0.05) is 26.8 Å². The van der Waals surface area contributed by atoms with Crippen molar-refractivity contribution in [1.29, 1.82) is 0 Å². The van der Waals surface area contributed by atoms with Gasteiger partial charge >= 0.3 is 5.97 Å². The number of piperidine rings is 1. The number of piperazine rings is 1. The van der Waals surface area contributed by atoms with Crippen LogP contribution >= 0.6 is 0 Å². The Morgan fingerprint density at radius 1 is 1.04 bits per heavy atom. The van der Waals surface area contributed by atoms with E-state index in [0.29, 0.717) is 82.9 Å². The Hall–Kier alpha value is -3.46. The number of carbonyl (C=O) groups excluding carboxylic acids is 3. The number of imidazole rings is 1. The number of rotatable bonds is 9. The van der Waals surface area contributed by atoms with Crippen LogP contribution in [0.1, 0.15) is 79.1 Å². The molecule has 2 aromatic heterocycles. The van der Waals surface area contributed by atoms with Crippen molar-refractivity contribution >= 4 is 34.6 Å². The SMILES string of the molecule is C=CC1(C)CC(O)C2(C)C3C(=O)CCC3(CCC2(C)OC(=O)CN2CCN(C(=O)CCn3cnc4c(N5CCC(CN)CC5)ncnc43)CC2)C(C)C1O. The Bertz CT molecular complexity index is 1750. The number of hydrogen-bond donors (Lipinski definition) is 3. The molecule has 3 aliphatic carbocycles. The first-order valence-corrected chi connectivity index (χ1v) is 20.0. The fourth-order valence-corrected chi connectivity index (χ4v) is 11.1. The van der Waals surface area contributed by atoms with Crippen LogP contribution in [-0.4, -0.2) is 127 Å². The summed E-state index contributed by atoms with van der Waals surface area (Å²) in [6.45, 7) is 16.8. The molecular formula is C40H60N8O6. The van der Waals surface area contributed by atoms with Crippen LogP contribution < -0.4 is 10.6 Å². The molecule has 4 N–H and O–H groups in total. The Balaban J connectivity index is 0.954. The molecule has 296 valence electrons. The number of aromatic nitrogens is 4. The quantitative estimate of drug-likeness (QED) is 0.253. The first kappa shape index (κ1) is 38.8. The number of carbonyl (C=O) groups is 3. The van der Waals surface area contributed by atoms with Crippen molar-refractivity contribution in [3.8, 4) is 0 Å². The monoisotopic (exact) mass is 748 g/mol. The molecule has 5 aliphatic rings. The van der Waals surface area contributed by atoms with Crippen molar-refractivity contribution in [2.24, 2.45) is 39.7 Å². The lowest BCUT2D eigenvalue weighted by atomic mass is 9.42. The van der Waals surface area contributed by atoms with Crippen LogP contribution in [0.5, 0.6) is 0 Å². The minimum absolute atomic E-state index is 0.0358. The average molecular weight is 749 g/mol. The highest BCUT2D eigenvalue weighted by molar-refractivity contribution is 5.86. The second kappa shape index (κ2) is 14.6. The third-order valence-corrected chi connectivity index (χ3v) is 15.0. The predicted molar refractivity (Wildman–Crippen MR) is 203 cm³/mol. The molecule has 3 saturated carbocycles. The van der Waals surface area contributed by atoms with Crippen LogP contribution in [0, 0.1) is 34.0 Å². The highest BCUT2D eigenvalue weighted by Crippen LogP contribution is 2.69. The summed E-state index contributed by atoms with van der Waals surface area (Å²) in [6, 6.07) is 0. The molecular weight excluding hydrogens is 688 g/mol. The second-order valence-corrected chi connectivity index (χ2v) is 17.7. The molecule has 0 radical (unpaired) electrons. The largest absolute Gasteiger partial charge is 0.458 e. The summed E-state index contributed by atoms with van der Waals surface area (Å²) in [7, 11) is 0. The van der Waals surface area contributed by atoms with E-state index in [1.807, 2.05) is 42.1 Å². The summed E-state index contributed by atoms with van der Waals surface area (Å²) in [4.78, 5) is 60.6. The Kier molecular flexibility index (Phi) is 10.5. The highest BCUT2D eigenvalue weighted by Gasteiger charge is 2.72. The van der Waals surface area contributed by atoms with Gasteiger partial charge in [0.1, 0.15) is 17.7 Å². The Morgan fingerprint density at radius 2 is 1.76 bits per heavy atom. The fourth-order valence-electron chi connectivity index (χ4n) is 11.1. The van der Waals surface area contributed by atoms with E-state index in [0.717, 1.165) is 37.3 Å². The molecule has 1 amide bonds. The maximum atomic E-state index is 13.7. The Morgan fingerprint density at radius 3 is 2.44 bits per heavy atom. The molecule has 14 nitrogen and oxygen atoms in total. The van der Waals surface area contributed by atoms with Gasteiger partial charge in [-0.25, -0.2) is 15.0 Å². The minimum Gasteiger partial charge on any atom is -0.458 e. The molecule has 7 rings (SSSR count). The molecule has 2 aliphatic heterocycles. The maximum Gasteiger partial charge on any atom is 0.320 e. The van der Waals surface area contributed by atoms with E-state index >= 15 is 0 Å². The van der Waals surface area contributed by atoms with E-state index in [2.05, 4.69) is 26.4 Å². The van der Waals surface area contributed by atoms with Gasteiger partial charge in [-0.2, -0.15) is 0 Å². The van der Waals surface area contributed by atoms with Crippen LogP contribution in [0.4, 0.5) is 5.82 Å². The molecule has 54 heavy (non-hydrogen) atoms. The number of Topliss-reactive ketones (excluding diaryl/α,β-unsaturated/α-hetero) is 1. The van der Waals surface area contributed by atoms with Gasteiger partial charge in [0.2, 0.25) is 5.91 Å². The van der Waals surface area contributed by atoms with Gasteiger partial charge in [-0.3, -0.25) is 19.3 Å². The number of ketones is 1. The van der Waals surface area contributed by atoms with Crippen molar-refractivity contribution in [1.82, 2.24) is 29.3 Å². The third-order valence-electron chi connectivity index (χ3n) is 15.0. The van der Waals surface area contributed by atoms with Gasteiger partial charge in [0, 0.05) is 75.4 Å². The van der Waals surface area contributed by atoms with Gasteiger partial charge in [0.05, 0.1) is 25.1 Å². The van der Waals surface area contributed by atoms with Crippen molar-refractivity contribution in [2.75, 3.05) is 57.3 Å². The van der Waals surface area contributed by atoms with Crippen LogP contribution in [0.2, 0.25) is 0 Å². The van der Waals surface area contributed by atoms with E-state index < -0.39 is 45.9 Å². The number of nitrogens with two attached hydrogens (primary N) is 1. The number of aliphatic hydroxyl groups excluding tert-OH is 2. The van der Waals surface area contributed by atoms with Crippen molar-refractivity contribution in [2.45, 2.75) is 103 Å². The summed E-state index contributed by atoms with van der Waals surface area (Å²) in [5.41, 5.74) is 3.94. The fraction of sp³-hybridized carbons (Fsp3) is 0.750. The molecule has 2 bridgehead atoms. The highest BCUT2D eigenvalue weighted by atomic mass is 16.6. The molecule has 8 atom stereocenters. The van der Waals surface area contributed by atoms with Crippen LogP contribution in [-0.2, 0) is 25.7 Å². The predicted octanol–water partition coefficient (Wildman–Crippen LogP) is 2.56. The van der Waals surface area contributed by atoms with E-state index in [1.165, 1.54) is 0 Å². The van der Waals surface area contributed by atoms with Gasteiger partial charge in [0.15, 0.2) is 17.0 Å². The summed E-state index contributed by atoms with van der Waals surface area (Å²) in [5, 5.41) is 23.6. The van der Waals surface area contributed by atoms with E-state index in [4.69, 9.17) is 10.5 Å². The number of ether oxygens (including phenoxy) is 1. The number of esters is 1. The van der Waals surface area contributed by atoms with E-state index in [-0.39, 0.29) is 30.6 Å². The number of aryl methyl sites for hydroxylation is 1. The first-order chi connectivity index (χ1) is 25.7. The number of nitrogens with zero attached hydrogens (tertiary/aromatic N) is 7. The number of fused-ring (bicyclic) bond motifs is 1. The zero-order chi connectivity index (χ0) is 38.6. The Labute approximate surface area is 318 Å². The summed E-state index contributed by atoms with van der Waals surface area (Å²) in [5.74, 6) is 0.357. The third kappa shape index (κ3) is 6.34. The van der Waals surface area contributed by atoms with Crippen molar-refractivity contribution in [3.63, 3.8) is 0 Å². The number of anilines is 1. The molecule has 4 heterocycles. The van der Waals surface area contributed by atoms with Gasteiger partial charge in [-0.15, -0.1) is 6.58 Å². The number of amides is 1. The summed E-state index contributed by atoms with van der Waals surface area (Å²) < 4.78 is 8.33. The lowest BCUT2D eigenvalue weighted by molar-refractivity contribution is -0.252. The van der Waals surface area contributed by atoms with Gasteiger partial charge < -0.3 is 35.1 Å². The zero-order valence-corrected chi connectivity index (χ0v) is 32.6. The van der Waals surface area contributed by atoms with Crippen LogP contribution in [0.15, 0.2) is 25.3 Å². The smallest absolute Gasteiger partial charge is 0.320 e. The lowest BCUT2D eigenvalue weighted by Crippen LogP contribution is -2.69. The second-order valence-electron chi connectivity index (χ2n) is 17.7. The molecule has 2 aromatic rings. The summed E-state index contributed by atoms with van der Waals surface area (Å²) >= 11 is 0. The van der Waals surface area contributed by atoms with E-state index in [9.17, 15) is 24.6 Å². The average Bonchev–Trinajstić information content (AvgIpc) is 3.76. The van der Waals surface area contributed by atoms with Crippen molar-refractivity contribution < 1.29 is 29.3 Å². The zero-order valence-electron chi connectivity index (χ0n) is 32.6. The molecule has 2 saturated heterocycles. The topological polar surface area (TPSA) is 180 Å². The summed E-state index contributed by atoms with van der Waals surface area (Å²) in [6.07, 6.45) is 8.00. The molecule has 8 unspecified atom stereocenters. The van der Waals surface area contributed by atoms with Gasteiger partial charge in [0.25, 0.3) is 0 Å². The molecule has 5 fully saturated rings. The lowest BCUT2D eigenvalue weighted by Gasteiger charge is -2.64. The maximum absolute atomic E-state index is 13.7. The first-order valence-electron chi connectivity index (χ1n) is 20.0. The number of hydrogen-bond acceptors (Lipinski definition) is 12. The molecule has 14 heteroatoms.